The fourth-order valence-electron chi connectivity index (χ4n) is 3.82. The van der Waals surface area contributed by atoms with Crippen LogP contribution in [0.5, 0.6) is 5.75 Å². The molecule has 0 fully saturated rings. The van der Waals surface area contributed by atoms with Gasteiger partial charge in [-0.15, -0.1) is 0 Å². The van der Waals surface area contributed by atoms with Gasteiger partial charge < -0.3 is 14.2 Å². The van der Waals surface area contributed by atoms with Gasteiger partial charge in [0, 0.05) is 49.0 Å². The average molecular weight is 483 g/mol. The Hall–Kier alpha value is -2.36. The van der Waals surface area contributed by atoms with Crippen LogP contribution in [0.1, 0.15) is 21.9 Å². The predicted molar refractivity (Wildman–Crippen MR) is 119 cm³/mol. The quantitative estimate of drug-likeness (QED) is 0.554. The normalized spacial score (nSPS) is 14.0. The summed E-state index contributed by atoms with van der Waals surface area (Å²) in [6, 6.07) is 3.57. The van der Waals surface area contributed by atoms with Gasteiger partial charge in [0.2, 0.25) is 5.82 Å². The van der Waals surface area contributed by atoms with Crippen LogP contribution in [-0.4, -0.2) is 59.4 Å². The molecule has 8 nitrogen and oxygen atoms in total. The van der Waals surface area contributed by atoms with Crippen LogP contribution in [-0.2, 0) is 29.3 Å². The van der Waals surface area contributed by atoms with Crippen molar-refractivity contribution in [2.24, 2.45) is 0 Å². The third-order valence-electron chi connectivity index (χ3n) is 5.33. The minimum Gasteiger partial charge on any atom is -0.494 e. The topological polar surface area (TPSA) is 94.4 Å². The van der Waals surface area contributed by atoms with Gasteiger partial charge in [-0.2, -0.15) is 0 Å². The Morgan fingerprint density at radius 3 is 2.58 bits per heavy atom. The Kier molecular flexibility index (Phi) is 5.85. The molecule has 2 aromatic heterocycles. The van der Waals surface area contributed by atoms with E-state index in [-0.39, 0.29) is 24.0 Å². The van der Waals surface area contributed by atoms with Crippen molar-refractivity contribution in [2.45, 2.75) is 19.5 Å². The summed E-state index contributed by atoms with van der Waals surface area (Å²) < 4.78 is 30.5. The van der Waals surface area contributed by atoms with Gasteiger partial charge in [0.15, 0.2) is 5.75 Å². The van der Waals surface area contributed by atoms with Crippen LogP contribution in [0, 0.1) is 0 Å². The second-order valence-corrected chi connectivity index (χ2v) is 10.4. The van der Waals surface area contributed by atoms with Crippen molar-refractivity contribution in [1.29, 1.82) is 0 Å². The molecular weight excluding hydrogens is 463 g/mol. The van der Waals surface area contributed by atoms with E-state index in [4.69, 9.17) is 27.9 Å². The maximum atomic E-state index is 13.0. The number of halogens is 2. The Morgan fingerprint density at radius 2 is 1.94 bits per heavy atom. The first kappa shape index (κ1) is 21.9. The van der Waals surface area contributed by atoms with Gasteiger partial charge in [0.05, 0.1) is 40.8 Å². The highest BCUT2D eigenvalue weighted by Gasteiger charge is 2.29. The summed E-state index contributed by atoms with van der Waals surface area (Å²) in [5.74, 6) is 0.253. The molecule has 1 aromatic carbocycles. The smallest absolute Gasteiger partial charge is 0.291 e. The minimum absolute atomic E-state index is 0.0194. The summed E-state index contributed by atoms with van der Waals surface area (Å²) in [6.07, 6.45) is 4.65. The number of nitrogens with zero attached hydrogens (tertiary/aromatic N) is 4. The van der Waals surface area contributed by atoms with E-state index in [0.29, 0.717) is 40.8 Å². The Morgan fingerprint density at radius 1 is 1.23 bits per heavy atom. The third-order valence-corrected chi connectivity index (χ3v) is 7.05. The lowest BCUT2D eigenvalue weighted by Gasteiger charge is -2.27. The van der Waals surface area contributed by atoms with E-state index < -0.39 is 9.84 Å². The van der Waals surface area contributed by atoms with E-state index in [1.54, 1.807) is 11.0 Å². The van der Waals surface area contributed by atoms with Crippen molar-refractivity contribution in [2.75, 3.05) is 25.7 Å². The van der Waals surface area contributed by atoms with E-state index in [0.717, 1.165) is 16.6 Å². The molecule has 31 heavy (non-hydrogen) atoms. The Labute approximate surface area is 189 Å². The molecule has 0 bridgehead atoms. The van der Waals surface area contributed by atoms with Crippen LogP contribution >= 0.6 is 23.2 Å². The third kappa shape index (κ3) is 4.22. The van der Waals surface area contributed by atoms with Crippen LogP contribution in [0.3, 0.4) is 0 Å². The predicted octanol–water partition coefficient (Wildman–Crippen LogP) is 2.99. The van der Waals surface area contributed by atoms with E-state index in [1.165, 1.54) is 25.8 Å². The number of hydrogen-bond acceptors (Lipinski definition) is 6. The monoisotopic (exact) mass is 482 g/mol. The van der Waals surface area contributed by atoms with Crippen molar-refractivity contribution >= 4 is 49.8 Å². The molecule has 3 heterocycles. The van der Waals surface area contributed by atoms with Gasteiger partial charge in [-0.05, 0) is 6.07 Å². The fraction of sp³-hybridized carbons (Fsp3) is 0.350. The van der Waals surface area contributed by atoms with Crippen molar-refractivity contribution in [1.82, 2.24) is 19.4 Å². The SMILES string of the molecule is COc1cnc(C(=O)N2CCc3c(c4ccc(Cl)c(Cl)c4n3CCS(C)(=O)=O)C2)nc1. The first-order valence-electron chi connectivity index (χ1n) is 9.50. The molecule has 0 unspecified atom stereocenters. The molecule has 0 saturated heterocycles. The summed E-state index contributed by atoms with van der Waals surface area (Å²) in [4.78, 5) is 22.8. The lowest BCUT2D eigenvalue weighted by Crippen LogP contribution is -2.37. The second-order valence-electron chi connectivity index (χ2n) is 7.39. The highest BCUT2D eigenvalue weighted by atomic mass is 35.5. The van der Waals surface area contributed by atoms with E-state index in [1.807, 2.05) is 10.6 Å². The van der Waals surface area contributed by atoms with E-state index >= 15 is 0 Å². The van der Waals surface area contributed by atoms with Crippen LogP contribution in [0.25, 0.3) is 10.9 Å². The number of ether oxygens (including phenoxy) is 1. The zero-order chi connectivity index (χ0) is 22.3. The zero-order valence-corrected chi connectivity index (χ0v) is 19.3. The van der Waals surface area contributed by atoms with Crippen molar-refractivity contribution in [3.63, 3.8) is 0 Å². The molecule has 4 rings (SSSR count). The number of amides is 1. The van der Waals surface area contributed by atoms with Crippen LogP contribution < -0.4 is 4.74 Å². The molecule has 0 radical (unpaired) electrons. The maximum Gasteiger partial charge on any atom is 0.291 e. The first-order chi connectivity index (χ1) is 14.7. The average Bonchev–Trinajstić information content (AvgIpc) is 3.07. The molecular formula is C20H20Cl2N4O4S. The van der Waals surface area contributed by atoms with Crippen molar-refractivity contribution < 1.29 is 17.9 Å². The Bertz CT molecular complexity index is 1270. The molecule has 3 aromatic rings. The van der Waals surface area contributed by atoms with Gasteiger partial charge in [-0.25, -0.2) is 18.4 Å². The molecule has 0 spiro atoms. The van der Waals surface area contributed by atoms with Gasteiger partial charge in [-0.3, -0.25) is 4.79 Å². The lowest BCUT2D eigenvalue weighted by molar-refractivity contribution is 0.0721. The minimum atomic E-state index is -3.17. The number of rotatable bonds is 5. The molecule has 0 saturated carbocycles. The standard InChI is InChI=1S/C20H20Cl2N4O4S/c1-30-12-9-23-19(24-10-12)20(27)25-6-5-16-14(11-25)13-3-4-15(21)17(22)18(13)26(16)7-8-31(2,28)29/h3-4,9-10H,5-8,11H2,1-2H3. The highest BCUT2D eigenvalue weighted by Crippen LogP contribution is 2.38. The molecule has 0 aliphatic carbocycles. The summed E-state index contributed by atoms with van der Waals surface area (Å²) in [5.41, 5.74) is 2.58. The van der Waals surface area contributed by atoms with Crippen molar-refractivity contribution in [3.05, 3.63) is 51.7 Å². The zero-order valence-electron chi connectivity index (χ0n) is 16.9. The number of hydrogen-bond donors (Lipinski definition) is 0. The van der Waals surface area contributed by atoms with E-state index in [9.17, 15) is 13.2 Å². The number of methoxy groups -OCH3 is 1. The molecule has 1 amide bonds. The summed E-state index contributed by atoms with van der Waals surface area (Å²) in [6.45, 7) is 1.05. The molecule has 1 aliphatic heterocycles. The second kappa shape index (κ2) is 8.29. The number of carbonyl (C=O) groups excluding carboxylic acids is 1. The van der Waals surface area contributed by atoms with Gasteiger partial charge in [0.25, 0.3) is 5.91 Å². The number of benzene rings is 1. The van der Waals surface area contributed by atoms with E-state index in [2.05, 4.69) is 9.97 Å². The van der Waals surface area contributed by atoms with Gasteiger partial charge >= 0.3 is 0 Å². The first-order valence-corrected chi connectivity index (χ1v) is 12.3. The Balaban J connectivity index is 1.73. The number of carbonyl (C=O) groups is 1. The molecule has 11 heteroatoms. The molecule has 0 N–H and O–H groups in total. The highest BCUT2D eigenvalue weighted by molar-refractivity contribution is 7.90. The summed E-state index contributed by atoms with van der Waals surface area (Å²) in [5, 5.41) is 1.62. The number of aryl methyl sites for hydroxylation is 1. The largest absolute Gasteiger partial charge is 0.494 e. The lowest BCUT2D eigenvalue weighted by atomic mass is 10.0. The fourth-order valence-corrected chi connectivity index (χ4v) is 4.76. The van der Waals surface area contributed by atoms with Gasteiger partial charge in [0.1, 0.15) is 9.84 Å². The summed E-state index contributed by atoms with van der Waals surface area (Å²) in [7, 11) is -1.67. The number of fused-ring (bicyclic) bond motifs is 3. The summed E-state index contributed by atoms with van der Waals surface area (Å²) >= 11 is 12.8. The molecule has 164 valence electrons. The maximum absolute atomic E-state index is 13.0. The number of sulfone groups is 1. The van der Waals surface area contributed by atoms with Crippen molar-refractivity contribution in [3.8, 4) is 5.75 Å². The van der Waals surface area contributed by atoms with Crippen LogP contribution in [0.15, 0.2) is 24.5 Å². The molecule has 1 aliphatic rings. The molecule has 0 atom stereocenters. The van der Waals surface area contributed by atoms with Crippen LogP contribution in [0.2, 0.25) is 10.0 Å². The number of aromatic nitrogens is 3. The van der Waals surface area contributed by atoms with Crippen LogP contribution in [0.4, 0.5) is 0 Å². The van der Waals surface area contributed by atoms with Gasteiger partial charge in [-0.1, -0.05) is 29.3 Å².